The average molecular weight is 439 g/mol. The third-order valence-corrected chi connectivity index (χ3v) is 5.32. The van der Waals surface area contributed by atoms with Gasteiger partial charge in [0.05, 0.1) is 26.3 Å². The molecule has 2 aromatic heterocycles. The Kier molecular flexibility index (Phi) is 5.94. The summed E-state index contributed by atoms with van der Waals surface area (Å²) in [7, 11) is 3.11. The van der Waals surface area contributed by atoms with E-state index in [1.807, 2.05) is 5.38 Å². The second-order valence-corrected chi connectivity index (χ2v) is 7.46. The van der Waals surface area contributed by atoms with E-state index < -0.39 is 0 Å². The maximum Gasteiger partial charge on any atom is 0.270 e. The van der Waals surface area contributed by atoms with Gasteiger partial charge in [-0.3, -0.25) is 4.79 Å². The van der Waals surface area contributed by atoms with Gasteiger partial charge < -0.3 is 19.3 Å². The smallest absolute Gasteiger partial charge is 0.270 e. The van der Waals surface area contributed by atoms with Crippen LogP contribution in [0.25, 0.3) is 22.2 Å². The fraction of sp³-hybridized carbons (Fsp3) is 0.136. The maximum absolute atomic E-state index is 13.5. The molecule has 4 rings (SSSR count). The highest BCUT2D eigenvalue weighted by molar-refractivity contribution is 7.14. The van der Waals surface area contributed by atoms with Gasteiger partial charge >= 0.3 is 0 Å². The van der Waals surface area contributed by atoms with E-state index in [1.165, 1.54) is 23.5 Å². The Balaban J connectivity index is 1.51. The molecule has 0 saturated carbocycles. The summed E-state index contributed by atoms with van der Waals surface area (Å²) in [5, 5.41) is 8.61. The van der Waals surface area contributed by atoms with Gasteiger partial charge in [0.1, 0.15) is 22.2 Å². The number of ether oxygens (including phenoxy) is 2. The van der Waals surface area contributed by atoms with Crippen LogP contribution in [-0.2, 0) is 11.2 Å². The van der Waals surface area contributed by atoms with Crippen LogP contribution >= 0.6 is 11.3 Å². The lowest BCUT2D eigenvalue weighted by Crippen LogP contribution is -2.14. The molecule has 7 nitrogen and oxygen atoms in total. The number of nitrogens with one attached hydrogen (secondary N) is 1. The van der Waals surface area contributed by atoms with Crippen molar-refractivity contribution in [3.8, 4) is 33.7 Å². The first-order valence-corrected chi connectivity index (χ1v) is 10.1. The van der Waals surface area contributed by atoms with E-state index in [2.05, 4.69) is 15.5 Å². The Morgan fingerprint density at radius 2 is 1.90 bits per heavy atom. The van der Waals surface area contributed by atoms with Crippen molar-refractivity contribution in [1.82, 2.24) is 10.1 Å². The van der Waals surface area contributed by atoms with Crippen LogP contribution < -0.4 is 14.8 Å². The molecule has 4 aromatic rings. The van der Waals surface area contributed by atoms with Gasteiger partial charge in [0.25, 0.3) is 5.89 Å². The maximum atomic E-state index is 13.5. The first-order chi connectivity index (χ1) is 15.1. The van der Waals surface area contributed by atoms with Gasteiger partial charge in [-0.1, -0.05) is 17.3 Å². The minimum absolute atomic E-state index is 0.126. The van der Waals surface area contributed by atoms with E-state index >= 15 is 0 Å². The zero-order valence-corrected chi connectivity index (χ0v) is 17.5. The summed E-state index contributed by atoms with van der Waals surface area (Å²) < 4.78 is 29.3. The fourth-order valence-corrected chi connectivity index (χ4v) is 3.75. The normalized spacial score (nSPS) is 10.7. The zero-order valence-electron chi connectivity index (χ0n) is 16.7. The molecule has 0 fully saturated rings. The van der Waals surface area contributed by atoms with Gasteiger partial charge in [0.15, 0.2) is 0 Å². The molecule has 0 bridgehead atoms. The number of benzene rings is 2. The van der Waals surface area contributed by atoms with Gasteiger partial charge in [-0.25, -0.2) is 4.39 Å². The van der Waals surface area contributed by atoms with Crippen molar-refractivity contribution >= 4 is 22.9 Å². The quantitative estimate of drug-likeness (QED) is 0.445. The Morgan fingerprint density at radius 3 is 2.61 bits per heavy atom. The summed E-state index contributed by atoms with van der Waals surface area (Å²) in [6.45, 7) is 0. The summed E-state index contributed by atoms with van der Waals surface area (Å²) >= 11 is 1.35. The molecule has 0 unspecified atom stereocenters. The van der Waals surface area contributed by atoms with Crippen LogP contribution in [-0.4, -0.2) is 30.3 Å². The first kappa shape index (κ1) is 20.5. The van der Waals surface area contributed by atoms with Crippen LogP contribution in [0.5, 0.6) is 11.5 Å². The molecule has 1 amide bonds. The number of amides is 1. The van der Waals surface area contributed by atoms with E-state index in [0.717, 1.165) is 5.56 Å². The lowest BCUT2D eigenvalue weighted by atomic mass is 10.1. The monoisotopic (exact) mass is 439 g/mol. The topological polar surface area (TPSA) is 86.5 Å². The third kappa shape index (κ3) is 4.72. The summed E-state index contributed by atoms with van der Waals surface area (Å²) in [5.74, 6) is 1.11. The van der Waals surface area contributed by atoms with E-state index in [0.29, 0.717) is 27.6 Å². The molecule has 0 aliphatic rings. The lowest BCUT2D eigenvalue weighted by molar-refractivity contribution is -0.115. The van der Waals surface area contributed by atoms with Crippen molar-refractivity contribution in [1.29, 1.82) is 0 Å². The van der Waals surface area contributed by atoms with Crippen molar-refractivity contribution < 1.29 is 23.2 Å². The van der Waals surface area contributed by atoms with Gasteiger partial charge in [0, 0.05) is 11.6 Å². The van der Waals surface area contributed by atoms with Crippen LogP contribution in [0.3, 0.4) is 0 Å². The molecule has 1 N–H and O–H groups in total. The Bertz CT molecular complexity index is 1200. The SMILES string of the molecule is COc1cc(CC(=O)Nc2ccsc2-c2nc(-c3cccc(F)c3)no2)cc(OC)c1. The molecular formula is C22H18FN3O4S. The first-order valence-electron chi connectivity index (χ1n) is 9.25. The molecule has 2 aromatic carbocycles. The number of carbonyl (C=O) groups is 1. The summed E-state index contributed by atoms with van der Waals surface area (Å²) in [4.78, 5) is 17.6. The molecule has 0 saturated heterocycles. The lowest BCUT2D eigenvalue weighted by Gasteiger charge is -2.09. The number of thiophene rings is 1. The number of nitrogens with zero attached hydrogens (tertiary/aromatic N) is 2. The molecule has 9 heteroatoms. The number of methoxy groups -OCH3 is 2. The number of halogens is 1. The molecule has 2 heterocycles. The molecule has 0 aliphatic carbocycles. The van der Waals surface area contributed by atoms with Crippen LogP contribution in [0.4, 0.5) is 10.1 Å². The van der Waals surface area contributed by atoms with Crippen LogP contribution in [0.15, 0.2) is 58.4 Å². The van der Waals surface area contributed by atoms with Gasteiger partial charge in [-0.05, 0) is 41.3 Å². The molecule has 0 aliphatic heterocycles. The van der Waals surface area contributed by atoms with Gasteiger partial charge in [-0.2, -0.15) is 4.98 Å². The van der Waals surface area contributed by atoms with Crippen LogP contribution in [0.2, 0.25) is 0 Å². The zero-order chi connectivity index (χ0) is 21.8. The molecular weight excluding hydrogens is 421 g/mol. The van der Waals surface area contributed by atoms with Crippen molar-refractivity contribution in [2.75, 3.05) is 19.5 Å². The molecule has 158 valence electrons. The van der Waals surface area contributed by atoms with Gasteiger partial charge in [0.2, 0.25) is 11.7 Å². The number of hydrogen-bond donors (Lipinski definition) is 1. The number of rotatable bonds is 7. The number of anilines is 1. The van der Waals surface area contributed by atoms with Crippen molar-refractivity contribution in [2.24, 2.45) is 0 Å². The predicted octanol–water partition coefficient (Wildman–Crippen LogP) is 4.80. The van der Waals surface area contributed by atoms with Gasteiger partial charge in [-0.15, -0.1) is 11.3 Å². The number of hydrogen-bond acceptors (Lipinski definition) is 7. The third-order valence-electron chi connectivity index (χ3n) is 4.42. The molecule has 31 heavy (non-hydrogen) atoms. The Morgan fingerprint density at radius 1 is 1.13 bits per heavy atom. The minimum atomic E-state index is -0.387. The van der Waals surface area contributed by atoms with Crippen molar-refractivity contribution in [3.05, 3.63) is 65.3 Å². The Hall–Kier alpha value is -3.72. The average Bonchev–Trinajstić information content (AvgIpc) is 3.42. The number of carbonyl (C=O) groups excluding carboxylic acids is 1. The summed E-state index contributed by atoms with van der Waals surface area (Å²) in [6, 6.07) is 13.0. The van der Waals surface area contributed by atoms with E-state index in [4.69, 9.17) is 14.0 Å². The predicted molar refractivity (Wildman–Crippen MR) is 115 cm³/mol. The largest absolute Gasteiger partial charge is 0.497 e. The summed E-state index contributed by atoms with van der Waals surface area (Å²) in [6.07, 6.45) is 0.126. The highest BCUT2D eigenvalue weighted by atomic mass is 32.1. The second-order valence-electron chi connectivity index (χ2n) is 6.54. The molecule has 0 spiro atoms. The van der Waals surface area contributed by atoms with Crippen molar-refractivity contribution in [3.63, 3.8) is 0 Å². The molecule has 0 atom stereocenters. The number of aromatic nitrogens is 2. The summed E-state index contributed by atoms with van der Waals surface area (Å²) in [5.41, 5.74) is 1.81. The fourth-order valence-electron chi connectivity index (χ4n) is 2.98. The minimum Gasteiger partial charge on any atom is -0.497 e. The van der Waals surface area contributed by atoms with Crippen LogP contribution in [0, 0.1) is 5.82 Å². The molecule has 0 radical (unpaired) electrons. The van der Waals surface area contributed by atoms with Crippen LogP contribution in [0.1, 0.15) is 5.56 Å². The van der Waals surface area contributed by atoms with E-state index in [1.54, 1.807) is 50.6 Å². The van der Waals surface area contributed by atoms with E-state index in [9.17, 15) is 9.18 Å². The highest BCUT2D eigenvalue weighted by Gasteiger charge is 2.18. The standard InChI is InChI=1S/C22H18FN3O4S/c1-28-16-8-13(9-17(12-16)29-2)10-19(27)24-18-6-7-31-20(18)22-25-21(26-30-22)14-4-3-5-15(23)11-14/h3-9,11-12H,10H2,1-2H3,(H,24,27). The second kappa shape index (κ2) is 8.97. The highest BCUT2D eigenvalue weighted by Crippen LogP contribution is 2.34. The van der Waals surface area contributed by atoms with E-state index in [-0.39, 0.29) is 29.9 Å². The Labute approximate surface area is 181 Å². The van der Waals surface area contributed by atoms with Crippen molar-refractivity contribution in [2.45, 2.75) is 6.42 Å².